The quantitative estimate of drug-likeness (QED) is 0.762. The third-order valence-corrected chi connectivity index (χ3v) is 2.95. The molecule has 3 rings (SSSR count). The largest absolute Gasteiger partial charge is 0.458 e. The van der Waals surface area contributed by atoms with Crippen LogP contribution in [0.1, 0.15) is 17.7 Å². The number of aromatic nitrogens is 3. The van der Waals surface area contributed by atoms with Gasteiger partial charge in [0.05, 0.1) is 0 Å². The summed E-state index contributed by atoms with van der Waals surface area (Å²) >= 11 is 0. The van der Waals surface area contributed by atoms with Gasteiger partial charge in [-0.15, -0.1) is 0 Å². The van der Waals surface area contributed by atoms with Gasteiger partial charge in [-0.05, 0) is 12.1 Å². The maximum absolute atomic E-state index is 10.1. The summed E-state index contributed by atoms with van der Waals surface area (Å²) in [6.45, 7) is 0. The van der Waals surface area contributed by atoms with E-state index in [0.29, 0.717) is 12.2 Å². The van der Waals surface area contributed by atoms with E-state index in [1.165, 1.54) is 6.33 Å². The fourth-order valence-corrected chi connectivity index (χ4v) is 1.95. The second kappa shape index (κ2) is 4.27. The molecule has 2 aromatic heterocycles. The Balaban J connectivity index is 1.88. The average molecular weight is 243 g/mol. The molecule has 0 aliphatic carbocycles. The topological polar surface area (TPSA) is 64.1 Å². The highest BCUT2D eigenvalue weighted by molar-refractivity contribution is 5.77. The SMILES string of the molecule is Cn1ncnc1CC(O)c1cc2ccccc2o1. The summed E-state index contributed by atoms with van der Waals surface area (Å²) in [4.78, 5) is 4.09. The van der Waals surface area contributed by atoms with Gasteiger partial charge in [0.15, 0.2) is 0 Å². The summed E-state index contributed by atoms with van der Waals surface area (Å²) in [5.41, 5.74) is 0.782. The summed E-state index contributed by atoms with van der Waals surface area (Å²) in [6, 6.07) is 9.54. The normalized spacial score (nSPS) is 13.0. The molecule has 0 bridgehead atoms. The van der Waals surface area contributed by atoms with Crippen LogP contribution >= 0.6 is 0 Å². The van der Waals surface area contributed by atoms with Crippen LogP contribution in [0.25, 0.3) is 11.0 Å². The standard InChI is InChI=1S/C13H13N3O2/c1-16-13(14-8-15-16)7-10(17)12-6-9-4-2-3-5-11(9)18-12/h2-6,8,10,17H,7H2,1H3. The summed E-state index contributed by atoms with van der Waals surface area (Å²) < 4.78 is 7.26. The molecular formula is C13H13N3O2. The number of furan rings is 1. The Bertz CT molecular complexity index is 638. The smallest absolute Gasteiger partial charge is 0.138 e. The molecular weight excluding hydrogens is 230 g/mol. The highest BCUT2D eigenvalue weighted by Gasteiger charge is 2.16. The fraction of sp³-hybridized carbons (Fsp3) is 0.231. The lowest BCUT2D eigenvalue weighted by Gasteiger charge is -2.06. The molecule has 0 aliphatic rings. The van der Waals surface area contributed by atoms with Gasteiger partial charge in [-0.2, -0.15) is 5.10 Å². The van der Waals surface area contributed by atoms with E-state index in [1.54, 1.807) is 11.7 Å². The van der Waals surface area contributed by atoms with Gasteiger partial charge >= 0.3 is 0 Å². The van der Waals surface area contributed by atoms with E-state index < -0.39 is 6.10 Å². The third-order valence-electron chi connectivity index (χ3n) is 2.95. The van der Waals surface area contributed by atoms with Gasteiger partial charge in [-0.1, -0.05) is 18.2 Å². The lowest BCUT2D eigenvalue weighted by molar-refractivity contribution is 0.149. The molecule has 0 saturated heterocycles. The maximum atomic E-state index is 10.1. The highest BCUT2D eigenvalue weighted by Crippen LogP contribution is 2.25. The summed E-state index contributed by atoms with van der Waals surface area (Å²) in [5.74, 6) is 1.28. The number of para-hydroxylation sites is 1. The van der Waals surface area contributed by atoms with Crippen molar-refractivity contribution < 1.29 is 9.52 Å². The maximum Gasteiger partial charge on any atom is 0.138 e. The number of hydrogen-bond acceptors (Lipinski definition) is 4. The molecule has 1 atom stereocenters. The first-order valence-corrected chi connectivity index (χ1v) is 5.73. The monoisotopic (exact) mass is 243 g/mol. The van der Waals surface area contributed by atoms with Crippen LogP contribution in [0.4, 0.5) is 0 Å². The van der Waals surface area contributed by atoms with Crippen LogP contribution in [0.2, 0.25) is 0 Å². The molecule has 0 amide bonds. The van der Waals surface area contributed by atoms with E-state index in [9.17, 15) is 5.11 Å². The zero-order valence-electron chi connectivity index (χ0n) is 9.95. The minimum Gasteiger partial charge on any atom is -0.458 e. The van der Waals surface area contributed by atoms with Crippen molar-refractivity contribution in [2.75, 3.05) is 0 Å². The molecule has 0 saturated carbocycles. The Labute approximate surface area is 104 Å². The average Bonchev–Trinajstić information content (AvgIpc) is 2.96. The van der Waals surface area contributed by atoms with Gasteiger partial charge in [0.1, 0.15) is 29.6 Å². The second-order valence-corrected chi connectivity index (χ2v) is 4.21. The zero-order chi connectivity index (χ0) is 12.5. The van der Waals surface area contributed by atoms with Gasteiger partial charge in [-0.25, -0.2) is 4.98 Å². The molecule has 3 aromatic rings. The van der Waals surface area contributed by atoms with Crippen molar-refractivity contribution >= 4 is 11.0 Å². The van der Waals surface area contributed by atoms with Crippen LogP contribution in [-0.4, -0.2) is 19.9 Å². The Morgan fingerprint density at radius 1 is 1.39 bits per heavy atom. The molecule has 0 aliphatic heterocycles. The van der Waals surface area contributed by atoms with E-state index in [-0.39, 0.29) is 0 Å². The minimum absolute atomic E-state index is 0.385. The molecule has 5 heteroatoms. The van der Waals surface area contributed by atoms with Crippen LogP contribution in [0.3, 0.4) is 0 Å². The zero-order valence-corrected chi connectivity index (χ0v) is 9.95. The van der Waals surface area contributed by atoms with E-state index >= 15 is 0 Å². The number of benzene rings is 1. The van der Waals surface area contributed by atoms with Crippen molar-refractivity contribution in [2.45, 2.75) is 12.5 Å². The summed E-state index contributed by atoms with van der Waals surface area (Å²) in [6.07, 6.45) is 1.15. The van der Waals surface area contributed by atoms with Crippen LogP contribution in [0.5, 0.6) is 0 Å². The number of aryl methyl sites for hydroxylation is 1. The second-order valence-electron chi connectivity index (χ2n) is 4.21. The van der Waals surface area contributed by atoms with Gasteiger partial charge in [0, 0.05) is 18.9 Å². The van der Waals surface area contributed by atoms with Crippen molar-refractivity contribution in [3.05, 3.63) is 48.2 Å². The third kappa shape index (κ3) is 1.89. The number of aliphatic hydroxyl groups excluding tert-OH is 1. The first-order valence-electron chi connectivity index (χ1n) is 5.73. The fourth-order valence-electron chi connectivity index (χ4n) is 1.95. The summed E-state index contributed by atoms with van der Waals surface area (Å²) in [7, 11) is 1.80. The van der Waals surface area contributed by atoms with E-state index in [4.69, 9.17) is 4.42 Å². The van der Waals surface area contributed by atoms with Crippen molar-refractivity contribution in [3.8, 4) is 0 Å². The summed E-state index contributed by atoms with van der Waals surface area (Å²) in [5, 5.41) is 15.1. The van der Waals surface area contributed by atoms with Gasteiger partial charge in [0.25, 0.3) is 0 Å². The molecule has 0 spiro atoms. The van der Waals surface area contributed by atoms with Crippen molar-refractivity contribution in [2.24, 2.45) is 7.05 Å². The lowest BCUT2D eigenvalue weighted by atomic mass is 10.2. The van der Waals surface area contributed by atoms with Crippen LogP contribution in [0.15, 0.2) is 41.1 Å². The predicted molar refractivity (Wildman–Crippen MR) is 65.9 cm³/mol. The first-order chi connectivity index (χ1) is 8.74. The molecule has 1 N–H and O–H groups in total. The highest BCUT2D eigenvalue weighted by atomic mass is 16.4. The molecule has 2 heterocycles. The Morgan fingerprint density at radius 3 is 2.94 bits per heavy atom. The number of aliphatic hydroxyl groups is 1. The molecule has 18 heavy (non-hydrogen) atoms. The minimum atomic E-state index is -0.708. The van der Waals surface area contributed by atoms with Gasteiger partial charge in [0.2, 0.25) is 0 Å². The van der Waals surface area contributed by atoms with Crippen LogP contribution < -0.4 is 0 Å². The lowest BCUT2D eigenvalue weighted by Crippen LogP contribution is -2.06. The molecule has 92 valence electrons. The first kappa shape index (κ1) is 11.0. The molecule has 0 radical (unpaired) electrons. The van der Waals surface area contributed by atoms with Crippen molar-refractivity contribution in [1.29, 1.82) is 0 Å². The van der Waals surface area contributed by atoms with Crippen LogP contribution in [-0.2, 0) is 13.5 Å². The van der Waals surface area contributed by atoms with E-state index in [0.717, 1.165) is 16.8 Å². The Morgan fingerprint density at radius 2 is 2.22 bits per heavy atom. The molecule has 1 aromatic carbocycles. The molecule has 1 unspecified atom stereocenters. The van der Waals surface area contributed by atoms with Gasteiger partial charge in [-0.3, -0.25) is 4.68 Å². The predicted octanol–water partition coefficient (Wildman–Crippen LogP) is 1.84. The number of hydrogen-bond donors (Lipinski definition) is 1. The number of nitrogens with zero attached hydrogens (tertiary/aromatic N) is 3. The Hall–Kier alpha value is -2.14. The van der Waals surface area contributed by atoms with Crippen molar-refractivity contribution in [3.63, 3.8) is 0 Å². The van der Waals surface area contributed by atoms with Gasteiger partial charge < -0.3 is 9.52 Å². The van der Waals surface area contributed by atoms with Crippen molar-refractivity contribution in [1.82, 2.24) is 14.8 Å². The van der Waals surface area contributed by atoms with Crippen LogP contribution in [0, 0.1) is 0 Å². The van der Waals surface area contributed by atoms with E-state index in [2.05, 4.69) is 10.1 Å². The number of fused-ring (bicyclic) bond motifs is 1. The molecule has 0 fully saturated rings. The molecule has 5 nitrogen and oxygen atoms in total. The van der Waals surface area contributed by atoms with E-state index in [1.807, 2.05) is 30.3 Å². The number of rotatable bonds is 3. The Kier molecular flexibility index (Phi) is 2.60.